The molecule has 3 N–H and O–H groups in total. The Hall–Kier alpha value is -1.44. The number of carboxylic acids is 1. The van der Waals surface area contributed by atoms with Gasteiger partial charge in [-0.1, -0.05) is 0 Å². The fourth-order valence-electron chi connectivity index (χ4n) is 1.70. The summed E-state index contributed by atoms with van der Waals surface area (Å²) in [5, 5.41) is 14.6. The molecule has 0 aromatic heterocycles. The third kappa shape index (κ3) is 3.52. The summed E-state index contributed by atoms with van der Waals surface area (Å²) < 4.78 is 5.94. The Morgan fingerprint density at radius 3 is 2.89 bits per heavy atom. The van der Waals surface area contributed by atoms with E-state index in [0.29, 0.717) is 23.3 Å². The number of anilines is 1. The van der Waals surface area contributed by atoms with Crippen LogP contribution in [0.25, 0.3) is 0 Å². The third-order valence-electron chi connectivity index (χ3n) is 2.69. The molecule has 19 heavy (non-hydrogen) atoms. The molecule has 1 aromatic rings. The Balaban J connectivity index is 2.11. The lowest BCUT2D eigenvalue weighted by Gasteiger charge is -2.23. The Morgan fingerprint density at radius 1 is 1.47 bits per heavy atom. The lowest BCUT2D eigenvalue weighted by molar-refractivity contribution is -0.128. The molecular formula is C12H13BrN2O4. The van der Waals surface area contributed by atoms with Crippen LogP contribution in [0.3, 0.4) is 0 Å². The van der Waals surface area contributed by atoms with Gasteiger partial charge in [0.15, 0.2) is 0 Å². The molecule has 6 nitrogen and oxygen atoms in total. The van der Waals surface area contributed by atoms with Crippen molar-refractivity contribution in [3.8, 4) is 0 Å². The number of morpholine rings is 1. The van der Waals surface area contributed by atoms with Crippen molar-refractivity contribution in [3.05, 3.63) is 28.2 Å². The maximum atomic E-state index is 12.0. The molecule has 0 spiro atoms. The first-order valence-corrected chi connectivity index (χ1v) is 6.53. The highest BCUT2D eigenvalue weighted by Gasteiger charge is 2.22. The van der Waals surface area contributed by atoms with Gasteiger partial charge in [0.05, 0.1) is 17.9 Å². The van der Waals surface area contributed by atoms with E-state index in [-0.39, 0.29) is 11.5 Å². The van der Waals surface area contributed by atoms with Crippen LogP contribution in [-0.2, 0) is 9.53 Å². The summed E-state index contributed by atoms with van der Waals surface area (Å²) in [7, 11) is 0. The van der Waals surface area contributed by atoms with Crippen LogP contribution in [0.5, 0.6) is 0 Å². The lowest BCUT2D eigenvalue weighted by Crippen LogP contribution is -2.45. The predicted octanol–water partition coefficient (Wildman–Crippen LogP) is 1.07. The fourth-order valence-corrected chi connectivity index (χ4v) is 2.05. The zero-order valence-electron chi connectivity index (χ0n) is 9.98. The van der Waals surface area contributed by atoms with E-state index in [4.69, 9.17) is 9.84 Å². The van der Waals surface area contributed by atoms with Gasteiger partial charge in [0.2, 0.25) is 0 Å². The zero-order chi connectivity index (χ0) is 13.8. The topological polar surface area (TPSA) is 87.7 Å². The fraction of sp³-hybridized carbons (Fsp3) is 0.333. The number of ether oxygens (including phenoxy) is 1. The van der Waals surface area contributed by atoms with E-state index in [0.717, 1.165) is 6.54 Å². The molecule has 1 fully saturated rings. The highest BCUT2D eigenvalue weighted by atomic mass is 79.9. The van der Waals surface area contributed by atoms with Crippen LogP contribution in [0.1, 0.15) is 10.4 Å². The molecule has 0 saturated carbocycles. The number of amides is 1. The third-order valence-corrected chi connectivity index (χ3v) is 3.38. The van der Waals surface area contributed by atoms with Crippen LogP contribution >= 0.6 is 15.9 Å². The van der Waals surface area contributed by atoms with E-state index < -0.39 is 12.1 Å². The van der Waals surface area contributed by atoms with E-state index in [2.05, 4.69) is 26.6 Å². The minimum atomic E-state index is -1.04. The molecule has 1 aliphatic rings. The van der Waals surface area contributed by atoms with Crippen LogP contribution < -0.4 is 10.6 Å². The Labute approximate surface area is 118 Å². The van der Waals surface area contributed by atoms with Gasteiger partial charge in [-0.3, -0.25) is 4.79 Å². The van der Waals surface area contributed by atoms with Gasteiger partial charge >= 0.3 is 5.97 Å². The van der Waals surface area contributed by atoms with Gasteiger partial charge in [0.25, 0.3) is 5.91 Å². The minimum absolute atomic E-state index is 0.112. The van der Waals surface area contributed by atoms with E-state index in [9.17, 15) is 9.59 Å². The quantitative estimate of drug-likeness (QED) is 0.772. The normalized spacial score (nSPS) is 18.9. The summed E-state index contributed by atoms with van der Waals surface area (Å²) in [6.07, 6.45) is -0.561. The number of benzene rings is 1. The number of carbonyl (C=O) groups is 2. The summed E-state index contributed by atoms with van der Waals surface area (Å²) >= 11 is 3.27. The number of nitrogens with one attached hydrogen (secondary N) is 2. The molecule has 1 aromatic carbocycles. The van der Waals surface area contributed by atoms with Crippen molar-refractivity contribution in [2.45, 2.75) is 6.10 Å². The van der Waals surface area contributed by atoms with Crippen LogP contribution in [0, 0.1) is 0 Å². The number of carboxylic acid groups (broad SMARTS) is 1. The second kappa shape index (κ2) is 6.14. The maximum absolute atomic E-state index is 12.0. The van der Waals surface area contributed by atoms with Gasteiger partial charge in [0, 0.05) is 17.6 Å². The van der Waals surface area contributed by atoms with Gasteiger partial charge in [-0.15, -0.1) is 0 Å². The van der Waals surface area contributed by atoms with E-state index in [1.54, 1.807) is 6.07 Å². The second-order valence-corrected chi connectivity index (χ2v) is 4.91. The van der Waals surface area contributed by atoms with Crippen LogP contribution in [-0.4, -0.2) is 42.8 Å². The van der Waals surface area contributed by atoms with Gasteiger partial charge in [-0.2, -0.15) is 0 Å². The predicted molar refractivity (Wildman–Crippen MR) is 72.3 cm³/mol. The number of hydrogen-bond donors (Lipinski definition) is 3. The molecule has 1 unspecified atom stereocenters. The first kappa shape index (κ1) is 14.0. The van der Waals surface area contributed by atoms with Crippen molar-refractivity contribution in [2.75, 3.05) is 25.0 Å². The Morgan fingerprint density at radius 2 is 2.26 bits per heavy atom. The van der Waals surface area contributed by atoms with Crippen molar-refractivity contribution < 1.29 is 19.4 Å². The summed E-state index contributed by atoms with van der Waals surface area (Å²) in [6.45, 7) is 1.65. The number of halogens is 1. The first-order chi connectivity index (χ1) is 9.08. The molecule has 2 rings (SSSR count). The summed E-state index contributed by atoms with van der Waals surface area (Å²) in [6, 6.07) is 4.44. The Kier molecular flexibility index (Phi) is 4.52. The van der Waals surface area contributed by atoms with Crippen LogP contribution in [0.2, 0.25) is 0 Å². The molecule has 0 aliphatic carbocycles. The van der Waals surface area contributed by atoms with Gasteiger partial charge < -0.3 is 20.5 Å². The summed E-state index contributed by atoms with van der Waals surface area (Å²) in [5.74, 6) is -1.34. The minimum Gasteiger partial charge on any atom is -0.478 e. The average Bonchev–Trinajstić information content (AvgIpc) is 2.42. The molecule has 1 aliphatic heterocycles. The standard InChI is InChI=1S/C12H13BrN2O4/c13-8-2-1-7(12(17)18)5-9(8)15-11(16)10-6-14-3-4-19-10/h1-2,5,10,14H,3-4,6H2,(H,15,16)(H,17,18). The number of rotatable bonds is 3. The lowest BCUT2D eigenvalue weighted by atomic mass is 10.2. The molecule has 1 atom stereocenters. The number of aromatic carboxylic acids is 1. The van der Waals surface area contributed by atoms with Crippen LogP contribution in [0.15, 0.2) is 22.7 Å². The second-order valence-electron chi connectivity index (χ2n) is 4.05. The monoisotopic (exact) mass is 328 g/mol. The summed E-state index contributed by atoms with van der Waals surface area (Å²) in [4.78, 5) is 22.8. The molecule has 0 radical (unpaired) electrons. The highest BCUT2D eigenvalue weighted by Crippen LogP contribution is 2.24. The van der Waals surface area contributed by atoms with E-state index in [1.807, 2.05) is 0 Å². The number of carbonyl (C=O) groups excluding carboxylic acids is 1. The van der Waals surface area contributed by atoms with Gasteiger partial charge in [0.1, 0.15) is 6.10 Å². The maximum Gasteiger partial charge on any atom is 0.335 e. The molecule has 1 amide bonds. The van der Waals surface area contributed by atoms with Crippen molar-refractivity contribution in [1.29, 1.82) is 0 Å². The van der Waals surface area contributed by atoms with E-state index >= 15 is 0 Å². The molecule has 0 bridgehead atoms. The van der Waals surface area contributed by atoms with Gasteiger partial charge in [-0.05, 0) is 34.1 Å². The van der Waals surface area contributed by atoms with Crippen molar-refractivity contribution in [1.82, 2.24) is 5.32 Å². The van der Waals surface area contributed by atoms with Gasteiger partial charge in [-0.25, -0.2) is 4.79 Å². The molecule has 7 heteroatoms. The first-order valence-electron chi connectivity index (χ1n) is 5.74. The Bertz CT molecular complexity index is 501. The van der Waals surface area contributed by atoms with Crippen LogP contribution in [0.4, 0.5) is 5.69 Å². The van der Waals surface area contributed by atoms with Crippen molar-refractivity contribution in [2.24, 2.45) is 0 Å². The molecule has 1 heterocycles. The zero-order valence-corrected chi connectivity index (χ0v) is 11.6. The average molecular weight is 329 g/mol. The molecule has 102 valence electrons. The summed E-state index contributed by atoms with van der Waals surface area (Å²) in [5.41, 5.74) is 0.528. The van der Waals surface area contributed by atoms with Crippen molar-refractivity contribution in [3.63, 3.8) is 0 Å². The van der Waals surface area contributed by atoms with E-state index in [1.165, 1.54) is 12.1 Å². The van der Waals surface area contributed by atoms with Crippen molar-refractivity contribution >= 4 is 33.5 Å². The highest BCUT2D eigenvalue weighted by molar-refractivity contribution is 9.10. The largest absolute Gasteiger partial charge is 0.478 e. The number of hydrogen-bond acceptors (Lipinski definition) is 4. The smallest absolute Gasteiger partial charge is 0.335 e. The SMILES string of the molecule is O=C(O)c1ccc(Br)c(NC(=O)C2CNCCO2)c1. The molecular weight excluding hydrogens is 316 g/mol. The molecule has 1 saturated heterocycles.